The number of carbonyl (C=O) groups is 4. The van der Waals surface area contributed by atoms with Crippen LogP contribution in [0.3, 0.4) is 0 Å². The van der Waals surface area contributed by atoms with Crippen LogP contribution >= 0.6 is 0 Å². The van der Waals surface area contributed by atoms with E-state index in [1.54, 1.807) is 12.1 Å². The number of hydrogen-bond donors (Lipinski definition) is 3. The molecule has 0 bridgehead atoms. The average molecular weight is 396 g/mol. The second-order valence-electron chi connectivity index (χ2n) is 6.10. The molecule has 0 unspecified atom stereocenters. The van der Waals surface area contributed by atoms with E-state index in [0.29, 0.717) is 0 Å². The van der Waals surface area contributed by atoms with Gasteiger partial charge < -0.3 is 30.0 Å². The third kappa shape index (κ3) is 9.53. The molecule has 1 aromatic rings. The van der Waals surface area contributed by atoms with Crippen LogP contribution < -0.4 is 10.6 Å². The first kappa shape index (κ1) is 22.9. The molecule has 1 aromatic carbocycles. The molecule has 0 spiro atoms. The van der Waals surface area contributed by atoms with Crippen molar-refractivity contribution in [1.29, 1.82) is 0 Å². The molecule has 3 N–H and O–H groups in total. The van der Waals surface area contributed by atoms with Crippen molar-refractivity contribution in [3.8, 4) is 0 Å². The Bertz CT molecular complexity index is 675. The van der Waals surface area contributed by atoms with Crippen molar-refractivity contribution < 1.29 is 38.5 Å². The van der Waals surface area contributed by atoms with Crippen molar-refractivity contribution in [2.75, 3.05) is 26.2 Å². The smallest absolute Gasteiger partial charge is 0.407 e. The van der Waals surface area contributed by atoms with E-state index in [0.717, 1.165) is 5.56 Å². The summed E-state index contributed by atoms with van der Waals surface area (Å²) >= 11 is 0. The molecule has 0 atom stereocenters. The molecular weight excluding hydrogens is 372 g/mol. The SMILES string of the molecule is CC(C)(OC(=O)CNCCOC(=O)CNC(=O)OCc1ccccc1)C(=O)O. The number of alkyl carbamates (subject to hydrolysis) is 1. The number of carboxylic acids is 1. The fourth-order valence-corrected chi connectivity index (χ4v) is 1.76. The van der Waals surface area contributed by atoms with Crippen LogP contribution in [-0.2, 0) is 35.2 Å². The molecule has 0 saturated heterocycles. The Morgan fingerprint density at radius 2 is 1.68 bits per heavy atom. The highest BCUT2D eigenvalue weighted by molar-refractivity contribution is 5.81. The van der Waals surface area contributed by atoms with Gasteiger partial charge in [0.2, 0.25) is 5.60 Å². The summed E-state index contributed by atoms with van der Waals surface area (Å²) in [5.74, 6) is -2.68. The molecule has 0 heterocycles. The van der Waals surface area contributed by atoms with Crippen molar-refractivity contribution in [2.24, 2.45) is 0 Å². The number of carbonyl (C=O) groups excluding carboxylic acids is 3. The first-order valence-corrected chi connectivity index (χ1v) is 8.47. The van der Waals surface area contributed by atoms with Gasteiger partial charge in [0.05, 0.1) is 6.54 Å². The minimum Gasteiger partial charge on any atom is -0.478 e. The quantitative estimate of drug-likeness (QED) is 0.276. The summed E-state index contributed by atoms with van der Waals surface area (Å²) in [5, 5.41) is 13.8. The first-order valence-electron chi connectivity index (χ1n) is 8.47. The number of ether oxygens (including phenoxy) is 3. The third-order valence-electron chi connectivity index (χ3n) is 3.29. The molecule has 10 heteroatoms. The standard InChI is InChI=1S/C18H24N2O8/c1-18(2,16(23)24)28-15(22)10-19-8-9-26-14(21)11-20-17(25)27-12-13-6-4-3-5-7-13/h3-7,19H,8-12H2,1-2H3,(H,20,25)(H,23,24). The topological polar surface area (TPSA) is 140 Å². The summed E-state index contributed by atoms with van der Waals surface area (Å²) in [6, 6.07) is 9.07. The fourth-order valence-electron chi connectivity index (χ4n) is 1.76. The lowest BCUT2D eigenvalue weighted by Gasteiger charge is -2.19. The van der Waals surface area contributed by atoms with E-state index in [4.69, 9.17) is 19.3 Å². The highest BCUT2D eigenvalue weighted by atomic mass is 16.6. The van der Waals surface area contributed by atoms with E-state index in [2.05, 4.69) is 10.6 Å². The summed E-state index contributed by atoms with van der Waals surface area (Å²) in [4.78, 5) is 45.3. The predicted octanol–water partition coefficient (Wildman–Crippen LogP) is 0.452. The molecule has 0 aliphatic heterocycles. The minimum absolute atomic E-state index is 0.0464. The van der Waals surface area contributed by atoms with Gasteiger partial charge >= 0.3 is 24.0 Å². The molecule has 0 aliphatic carbocycles. The maximum absolute atomic E-state index is 11.5. The van der Waals surface area contributed by atoms with Crippen LogP contribution in [0.4, 0.5) is 4.79 Å². The zero-order valence-electron chi connectivity index (χ0n) is 15.7. The van der Waals surface area contributed by atoms with Crippen molar-refractivity contribution in [2.45, 2.75) is 26.1 Å². The highest BCUT2D eigenvalue weighted by Crippen LogP contribution is 2.08. The van der Waals surface area contributed by atoms with E-state index in [9.17, 15) is 19.2 Å². The lowest BCUT2D eigenvalue weighted by atomic mass is 10.1. The third-order valence-corrected chi connectivity index (χ3v) is 3.29. The van der Waals surface area contributed by atoms with Crippen molar-refractivity contribution in [3.05, 3.63) is 35.9 Å². The number of amides is 1. The van der Waals surface area contributed by atoms with Crippen LogP contribution in [0.2, 0.25) is 0 Å². The van der Waals surface area contributed by atoms with Crippen molar-refractivity contribution >= 4 is 24.0 Å². The van der Waals surface area contributed by atoms with E-state index in [1.807, 2.05) is 18.2 Å². The van der Waals surface area contributed by atoms with E-state index in [-0.39, 0.29) is 32.8 Å². The Morgan fingerprint density at radius 3 is 2.32 bits per heavy atom. The van der Waals surface area contributed by atoms with E-state index in [1.165, 1.54) is 13.8 Å². The Labute approximate surface area is 162 Å². The van der Waals surface area contributed by atoms with Crippen LogP contribution in [0.15, 0.2) is 30.3 Å². The van der Waals surface area contributed by atoms with Gasteiger partial charge in [-0.2, -0.15) is 0 Å². The van der Waals surface area contributed by atoms with Crippen LogP contribution in [-0.4, -0.2) is 60.9 Å². The number of nitrogens with one attached hydrogen (secondary N) is 2. The molecule has 0 saturated carbocycles. The largest absolute Gasteiger partial charge is 0.478 e. The maximum atomic E-state index is 11.5. The van der Waals surface area contributed by atoms with Gasteiger partial charge in [0.1, 0.15) is 19.8 Å². The fraction of sp³-hybridized carbons (Fsp3) is 0.444. The number of aliphatic carboxylic acids is 1. The zero-order valence-corrected chi connectivity index (χ0v) is 15.7. The van der Waals surface area contributed by atoms with E-state index < -0.39 is 29.6 Å². The minimum atomic E-state index is -1.62. The molecule has 154 valence electrons. The van der Waals surface area contributed by atoms with E-state index >= 15 is 0 Å². The Kier molecular flexibility index (Phi) is 9.44. The Hall–Kier alpha value is -3.14. The van der Waals surface area contributed by atoms with Gasteiger partial charge in [0.15, 0.2) is 0 Å². The number of carboxylic acid groups (broad SMARTS) is 1. The number of hydrogen-bond acceptors (Lipinski definition) is 8. The summed E-state index contributed by atoms with van der Waals surface area (Å²) in [6.45, 7) is 2.10. The molecule has 0 aromatic heterocycles. The second kappa shape index (κ2) is 11.5. The molecular formula is C18H24N2O8. The molecule has 10 nitrogen and oxygen atoms in total. The summed E-state index contributed by atoms with van der Waals surface area (Å²) in [6.07, 6.45) is -0.747. The van der Waals surface area contributed by atoms with Gasteiger partial charge in [-0.3, -0.25) is 9.59 Å². The van der Waals surface area contributed by atoms with Crippen LogP contribution in [0, 0.1) is 0 Å². The maximum Gasteiger partial charge on any atom is 0.407 e. The van der Waals surface area contributed by atoms with Crippen LogP contribution in [0.5, 0.6) is 0 Å². The first-order chi connectivity index (χ1) is 13.2. The average Bonchev–Trinajstić information content (AvgIpc) is 2.64. The zero-order chi connectivity index (χ0) is 21.0. The Morgan fingerprint density at radius 1 is 1.00 bits per heavy atom. The summed E-state index contributed by atoms with van der Waals surface area (Å²) in [7, 11) is 0. The monoisotopic (exact) mass is 396 g/mol. The normalized spacial score (nSPS) is 10.6. The molecule has 1 amide bonds. The summed E-state index contributed by atoms with van der Waals surface area (Å²) in [5.41, 5.74) is -0.803. The summed E-state index contributed by atoms with van der Waals surface area (Å²) < 4.78 is 14.6. The van der Waals surface area contributed by atoms with Crippen LogP contribution in [0.25, 0.3) is 0 Å². The number of rotatable bonds is 11. The number of benzene rings is 1. The van der Waals surface area contributed by atoms with Gasteiger partial charge in [-0.25, -0.2) is 9.59 Å². The van der Waals surface area contributed by atoms with Crippen LogP contribution in [0.1, 0.15) is 19.4 Å². The van der Waals surface area contributed by atoms with Crippen molar-refractivity contribution in [1.82, 2.24) is 10.6 Å². The second-order valence-corrected chi connectivity index (χ2v) is 6.10. The molecule has 0 aliphatic rings. The van der Waals surface area contributed by atoms with Gasteiger partial charge in [-0.1, -0.05) is 30.3 Å². The molecule has 28 heavy (non-hydrogen) atoms. The van der Waals surface area contributed by atoms with Gasteiger partial charge in [0.25, 0.3) is 0 Å². The lowest BCUT2D eigenvalue weighted by Crippen LogP contribution is -2.40. The predicted molar refractivity (Wildman–Crippen MR) is 96.3 cm³/mol. The van der Waals surface area contributed by atoms with Crippen molar-refractivity contribution in [3.63, 3.8) is 0 Å². The Balaban J connectivity index is 2.08. The highest BCUT2D eigenvalue weighted by Gasteiger charge is 2.31. The van der Waals surface area contributed by atoms with Gasteiger partial charge in [-0.15, -0.1) is 0 Å². The van der Waals surface area contributed by atoms with Gasteiger partial charge in [-0.05, 0) is 19.4 Å². The lowest BCUT2D eigenvalue weighted by molar-refractivity contribution is -0.173. The molecule has 1 rings (SSSR count). The van der Waals surface area contributed by atoms with Gasteiger partial charge in [0, 0.05) is 6.54 Å². The molecule has 0 radical (unpaired) electrons. The molecule has 0 fully saturated rings. The number of esters is 2.